The Labute approximate surface area is 171 Å². The fourth-order valence-corrected chi connectivity index (χ4v) is 4.52. The number of hydrogen-bond donors (Lipinski definition) is 2. The zero-order valence-corrected chi connectivity index (χ0v) is 18.2. The van der Waals surface area contributed by atoms with Crippen molar-refractivity contribution < 1.29 is 13.2 Å². The van der Waals surface area contributed by atoms with Gasteiger partial charge in [0.05, 0.1) is 27.4 Å². The van der Waals surface area contributed by atoms with Crippen molar-refractivity contribution in [2.75, 3.05) is 32.6 Å². The molecule has 1 atom stereocenters. The van der Waals surface area contributed by atoms with Crippen LogP contribution in [-0.2, 0) is 14.6 Å². The van der Waals surface area contributed by atoms with E-state index in [2.05, 4.69) is 15.6 Å². The largest absolute Gasteiger partial charge is 0.381 e. The van der Waals surface area contributed by atoms with Gasteiger partial charge in [-0.1, -0.05) is 29.3 Å². The van der Waals surface area contributed by atoms with E-state index in [4.69, 9.17) is 27.9 Å². The van der Waals surface area contributed by atoms with Crippen molar-refractivity contribution in [3.8, 4) is 0 Å². The molecule has 0 spiro atoms. The van der Waals surface area contributed by atoms with Gasteiger partial charge in [-0.2, -0.15) is 0 Å². The molecule has 9 heteroatoms. The van der Waals surface area contributed by atoms with Gasteiger partial charge < -0.3 is 15.4 Å². The Morgan fingerprint density at radius 1 is 1.30 bits per heavy atom. The second kappa shape index (κ2) is 9.45. The first-order valence-electron chi connectivity index (χ1n) is 8.95. The molecule has 0 bridgehead atoms. The van der Waals surface area contributed by atoms with Crippen LogP contribution in [0.3, 0.4) is 0 Å². The molecule has 0 aromatic heterocycles. The molecule has 0 amide bonds. The highest BCUT2D eigenvalue weighted by atomic mass is 35.5. The maximum absolute atomic E-state index is 12.4. The summed E-state index contributed by atoms with van der Waals surface area (Å²) in [6.45, 7) is 5.67. The molecule has 2 rings (SSSR count). The lowest BCUT2D eigenvalue weighted by molar-refractivity contribution is 0.0768. The molecule has 2 N–H and O–H groups in total. The van der Waals surface area contributed by atoms with Gasteiger partial charge in [0.25, 0.3) is 0 Å². The van der Waals surface area contributed by atoms with E-state index < -0.39 is 14.6 Å². The SMILES string of the molecule is CCNC(=NCC1(S(C)(=O)=O)CCOCC1)NC(C)c1ccc(Cl)c(Cl)c1. The first kappa shape index (κ1) is 22.3. The molecule has 1 aliphatic rings. The van der Waals surface area contributed by atoms with Crippen LogP contribution < -0.4 is 10.6 Å². The summed E-state index contributed by atoms with van der Waals surface area (Å²) in [4.78, 5) is 4.58. The molecular weight excluding hydrogens is 409 g/mol. The zero-order chi connectivity index (χ0) is 20.1. The Morgan fingerprint density at radius 2 is 1.96 bits per heavy atom. The second-order valence-electron chi connectivity index (χ2n) is 6.80. The number of nitrogens with zero attached hydrogens (tertiary/aromatic N) is 1. The van der Waals surface area contributed by atoms with E-state index >= 15 is 0 Å². The first-order valence-corrected chi connectivity index (χ1v) is 11.6. The predicted octanol–water partition coefficient (Wildman–Crippen LogP) is 3.20. The maximum atomic E-state index is 12.4. The van der Waals surface area contributed by atoms with E-state index in [1.165, 1.54) is 6.26 Å². The molecule has 1 fully saturated rings. The van der Waals surface area contributed by atoms with Crippen molar-refractivity contribution in [2.45, 2.75) is 37.5 Å². The lowest BCUT2D eigenvalue weighted by Gasteiger charge is -2.34. The summed E-state index contributed by atoms with van der Waals surface area (Å²) in [6, 6.07) is 5.37. The van der Waals surface area contributed by atoms with Crippen molar-refractivity contribution in [1.29, 1.82) is 0 Å². The Kier molecular flexibility index (Phi) is 7.80. The second-order valence-corrected chi connectivity index (χ2v) is 10.0. The van der Waals surface area contributed by atoms with Crippen molar-refractivity contribution in [3.63, 3.8) is 0 Å². The fourth-order valence-electron chi connectivity index (χ4n) is 3.00. The first-order chi connectivity index (χ1) is 12.7. The van der Waals surface area contributed by atoms with Gasteiger partial charge in [0.1, 0.15) is 0 Å². The number of halogens is 2. The molecule has 0 aliphatic carbocycles. The number of sulfone groups is 1. The van der Waals surface area contributed by atoms with Gasteiger partial charge in [-0.05, 0) is 44.4 Å². The van der Waals surface area contributed by atoms with E-state index in [1.807, 2.05) is 26.0 Å². The molecule has 6 nitrogen and oxygen atoms in total. The summed E-state index contributed by atoms with van der Waals surface area (Å²) >= 11 is 12.1. The lowest BCUT2D eigenvalue weighted by atomic mass is 9.99. The molecule has 152 valence electrons. The van der Waals surface area contributed by atoms with Crippen LogP contribution in [0.1, 0.15) is 38.3 Å². The van der Waals surface area contributed by atoms with Crippen LogP contribution >= 0.6 is 23.2 Å². The van der Waals surface area contributed by atoms with Gasteiger partial charge in [-0.25, -0.2) is 8.42 Å². The van der Waals surface area contributed by atoms with Crippen LogP contribution in [0.2, 0.25) is 10.0 Å². The van der Waals surface area contributed by atoms with E-state index in [0.717, 1.165) is 5.56 Å². The van der Waals surface area contributed by atoms with Gasteiger partial charge in [0.15, 0.2) is 15.8 Å². The Balaban J connectivity index is 2.18. The summed E-state index contributed by atoms with van der Waals surface area (Å²) in [7, 11) is -3.26. The van der Waals surface area contributed by atoms with Gasteiger partial charge >= 0.3 is 0 Å². The normalized spacial score (nSPS) is 18.8. The van der Waals surface area contributed by atoms with E-state index in [0.29, 0.717) is 48.6 Å². The Morgan fingerprint density at radius 3 is 2.52 bits per heavy atom. The maximum Gasteiger partial charge on any atom is 0.191 e. The molecule has 0 radical (unpaired) electrons. The number of ether oxygens (including phenoxy) is 1. The van der Waals surface area contributed by atoms with Crippen molar-refractivity contribution >= 4 is 39.0 Å². The Bertz CT molecular complexity index is 778. The van der Waals surface area contributed by atoms with E-state index in [-0.39, 0.29) is 12.6 Å². The lowest BCUT2D eigenvalue weighted by Crippen LogP contribution is -2.47. The number of rotatable bonds is 6. The highest BCUT2D eigenvalue weighted by Gasteiger charge is 2.42. The molecule has 1 heterocycles. The Hall–Kier alpha value is -1.02. The number of nitrogens with one attached hydrogen (secondary N) is 2. The van der Waals surface area contributed by atoms with Crippen LogP contribution in [-0.4, -0.2) is 51.7 Å². The average Bonchev–Trinajstić information content (AvgIpc) is 2.62. The van der Waals surface area contributed by atoms with Crippen LogP contribution in [0.4, 0.5) is 0 Å². The minimum atomic E-state index is -3.26. The number of aliphatic imine (C=N–C) groups is 1. The molecule has 0 saturated carbocycles. The minimum absolute atomic E-state index is 0.0820. The van der Waals surface area contributed by atoms with Crippen molar-refractivity contribution in [2.24, 2.45) is 4.99 Å². The van der Waals surface area contributed by atoms with Crippen molar-refractivity contribution in [1.82, 2.24) is 10.6 Å². The van der Waals surface area contributed by atoms with Crippen LogP contribution in [0.15, 0.2) is 23.2 Å². The van der Waals surface area contributed by atoms with Gasteiger partial charge in [0, 0.05) is 26.0 Å². The molecule has 1 saturated heterocycles. The molecule has 1 aromatic carbocycles. The van der Waals surface area contributed by atoms with Gasteiger partial charge in [0.2, 0.25) is 0 Å². The van der Waals surface area contributed by atoms with Crippen LogP contribution in [0, 0.1) is 0 Å². The monoisotopic (exact) mass is 435 g/mol. The van der Waals surface area contributed by atoms with Crippen LogP contribution in [0.5, 0.6) is 0 Å². The third kappa shape index (κ3) is 5.73. The van der Waals surface area contributed by atoms with Gasteiger partial charge in [-0.15, -0.1) is 0 Å². The summed E-state index contributed by atoms with van der Waals surface area (Å²) in [5.41, 5.74) is 0.957. The fraction of sp³-hybridized carbons (Fsp3) is 0.611. The molecule has 1 unspecified atom stereocenters. The number of guanidine groups is 1. The zero-order valence-electron chi connectivity index (χ0n) is 15.9. The van der Waals surface area contributed by atoms with Crippen molar-refractivity contribution in [3.05, 3.63) is 33.8 Å². The topological polar surface area (TPSA) is 79.8 Å². The molecule has 27 heavy (non-hydrogen) atoms. The summed E-state index contributed by atoms with van der Waals surface area (Å²) in [6.07, 6.45) is 2.20. The minimum Gasteiger partial charge on any atom is -0.381 e. The highest BCUT2D eigenvalue weighted by Crippen LogP contribution is 2.30. The highest BCUT2D eigenvalue weighted by molar-refractivity contribution is 7.92. The predicted molar refractivity (Wildman–Crippen MR) is 112 cm³/mol. The number of benzene rings is 1. The standard InChI is InChI=1S/C18H27Cl2N3O3S/c1-4-21-17(23-13(2)14-5-6-15(19)16(20)11-14)22-12-18(27(3,24)25)7-9-26-10-8-18/h5-6,11,13H,4,7-10,12H2,1-3H3,(H2,21,22,23). The average molecular weight is 436 g/mol. The summed E-state index contributed by atoms with van der Waals surface area (Å²) in [5.74, 6) is 0.561. The molecular formula is C18H27Cl2N3O3S. The summed E-state index contributed by atoms with van der Waals surface area (Å²) < 4.78 is 29.3. The third-order valence-corrected chi connectivity index (χ3v) is 7.71. The molecule has 1 aromatic rings. The van der Waals surface area contributed by atoms with E-state index in [1.54, 1.807) is 6.07 Å². The number of hydrogen-bond acceptors (Lipinski definition) is 4. The smallest absolute Gasteiger partial charge is 0.191 e. The third-order valence-electron chi connectivity index (χ3n) is 4.86. The van der Waals surface area contributed by atoms with Gasteiger partial charge in [-0.3, -0.25) is 4.99 Å². The summed E-state index contributed by atoms with van der Waals surface area (Å²) in [5, 5.41) is 7.46. The van der Waals surface area contributed by atoms with Crippen LogP contribution in [0.25, 0.3) is 0 Å². The van der Waals surface area contributed by atoms with E-state index in [9.17, 15) is 8.42 Å². The molecule has 1 aliphatic heterocycles. The quantitative estimate of drug-likeness (QED) is 0.529.